The van der Waals surface area contributed by atoms with E-state index in [0.717, 1.165) is 23.4 Å². The van der Waals surface area contributed by atoms with E-state index >= 15 is 0 Å². The Kier molecular flexibility index (Phi) is 3.47. The van der Waals surface area contributed by atoms with Crippen LogP contribution < -0.4 is 0 Å². The first kappa shape index (κ1) is 10.5. The molecule has 1 saturated carbocycles. The fraction of sp³-hybridized carbons (Fsp3) is 0.636. The molecule has 0 bridgehead atoms. The molecule has 1 N–H and O–H groups in total. The topological polar surface area (TPSA) is 20.2 Å². The number of rotatable bonds is 2. The van der Waals surface area contributed by atoms with Gasteiger partial charge in [0.05, 0.1) is 11.1 Å². The van der Waals surface area contributed by atoms with Gasteiger partial charge in [-0.1, -0.05) is 30.9 Å². The molecule has 78 valence electrons. The average Bonchev–Trinajstić information content (AvgIpc) is 2.65. The normalized spacial score (nSPS) is 21.0. The predicted octanol–water partition coefficient (Wildman–Crippen LogP) is 4.02. The van der Waals surface area contributed by atoms with Crippen LogP contribution in [0.15, 0.2) is 10.8 Å². The summed E-state index contributed by atoms with van der Waals surface area (Å²) in [5, 5.41) is 14.7. The molecule has 2 rings (SSSR count). The molecule has 1 fully saturated rings. The molecule has 1 nitrogen and oxygen atoms in total. The number of halogens is 1. The Morgan fingerprint density at radius 2 is 2.00 bits per heavy atom. The Labute approximate surface area is 93.7 Å². The molecule has 1 aliphatic rings. The molecular formula is C11H15ClOS. The molecule has 1 atom stereocenters. The third kappa shape index (κ3) is 2.13. The van der Waals surface area contributed by atoms with E-state index in [1.54, 1.807) is 11.3 Å². The van der Waals surface area contributed by atoms with Gasteiger partial charge < -0.3 is 5.11 Å². The zero-order chi connectivity index (χ0) is 9.97. The van der Waals surface area contributed by atoms with E-state index in [9.17, 15) is 5.11 Å². The van der Waals surface area contributed by atoms with Crippen molar-refractivity contribution in [2.75, 3.05) is 0 Å². The van der Waals surface area contributed by atoms with E-state index in [1.165, 1.54) is 19.3 Å². The van der Waals surface area contributed by atoms with Crippen molar-refractivity contribution >= 4 is 22.9 Å². The van der Waals surface area contributed by atoms with Crippen molar-refractivity contribution in [3.05, 3.63) is 21.3 Å². The van der Waals surface area contributed by atoms with Crippen LogP contribution in [0.4, 0.5) is 0 Å². The van der Waals surface area contributed by atoms with Crippen LogP contribution in [0.3, 0.4) is 0 Å². The van der Waals surface area contributed by atoms with Gasteiger partial charge in [0.2, 0.25) is 0 Å². The van der Waals surface area contributed by atoms with Crippen molar-refractivity contribution in [2.24, 2.45) is 5.92 Å². The van der Waals surface area contributed by atoms with Gasteiger partial charge >= 0.3 is 0 Å². The van der Waals surface area contributed by atoms with E-state index in [0.29, 0.717) is 5.92 Å². The lowest BCUT2D eigenvalue weighted by atomic mass is 9.83. The van der Waals surface area contributed by atoms with Gasteiger partial charge in [-0.3, -0.25) is 0 Å². The maximum absolute atomic E-state index is 10.1. The second-order valence-corrected chi connectivity index (χ2v) is 5.17. The molecule has 3 heteroatoms. The van der Waals surface area contributed by atoms with Crippen molar-refractivity contribution in [3.63, 3.8) is 0 Å². The second kappa shape index (κ2) is 4.65. The van der Waals surface area contributed by atoms with Crippen LogP contribution in [0, 0.1) is 5.92 Å². The van der Waals surface area contributed by atoms with Crippen LogP contribution in [0.25, 0.3) is 0 Å². The van der Waals surface area contributed by atoms with Gasteiger partial charge in [0, 0.05) is 10.9 Å². The Bertz CT molecular complexity index is 291. The SMILES string of the molecule is O[C@H](c1cscc1Cl)C1CCCCC1. The summed E-state index contributed by atoms with van der Waals surface area (Å²) in [5.74, 6) is 0.427. The minimum atomic E-state index is -0.339. The van der Waals surface area contributed by atoms with E-state index < -0.39 is 0 Å². The predicted molar refractivity (Wildman–Crippen MR) is 60.9 cm³/mol. The standard InChI is InChI=1S/C11H15ClOS/c12-10-7-14-6-9(10)11(13)8-4-2-1-3-5-8/h6-8,11,13H,1-5H2/t11-/m0/s1. The third-order valence-electron chi connectivity index (χ3n) is 3.06. The first-order valence-electron chi connectivity index (χ1n) is 5.18. The van der Waals surface area contributed by atoms with Gasteiger partial charge in [0.15, 0.2) is 0 Å². The number of aliphatic hydroxyl groups is 1. The molecule has 1 heterocycles. The summed E-state index contributed by atoms with van der Waals surface area (Å²) < 4.78 is 0. The quantitative estimate of drug-likeness (QED) is 0.814. The van der Waals surface area contributed by atoms with Crippen molar-refractivity contribution in [1.29, 1.82) is 0 Å². The average molecular weight is 231 g/mol. The van der Waals surface area contributed by atoms with Gasteiger partial charge in [-0.2, -0.15) is 11.3 Å². The van der Waals surface area contributed by atoms with Crippen LogP contribution in [-0.2, 0) is 0 Å². The molecule has 0 radical (unpaired) electrons. The molecule has 0 aliphatic heterocycles. The summed E-state index contributed by atoms with van der Waals surface area (Å²) in [6.45, 7) is 0. The molecule has 0 aromatic carbocycles. The lowest BCUT2D eigenvalue weighted by molar-refractivity contribution is 0.0853. The number of hydrogen-bond donors (Lipinski definition) is 1. The molecule has 1 aromatic rings. The lowest BCUT2D eigenvalue weighted by Crippen LogP contribution is -2.15. The van der Waals surface area contributed by atoms with E-state index in [4.69, 9.17) is 11.6 Å². The number of thiophene rings is 1. The molecule has 14 heavy (non-hydrogen) atoms. The maximum atomic E-state index is 10.1. The molecule has 0 amide bonds. The zero-order valence-electron chi connectivity index (χ0n) is 8.08. The zero-order valence-corrected chi connectivity index (χ0v) is 9.65. The third-order valence-corrected chi connectivity index (χ3v) is 4.28. The number of aliphatic hydroxyl groups excluding tert-OH is 1. The van der Waals surface area contributed by atoms with E-state index in [1.807, 2.05) is 10.8 Å². The summed E-state index contributed by atoms with van der Waals surface area (Å²) in [4.78, 5) is 0. The monoisotopic (exact) mass is 230 g/mol. The summed E-state index contributed by atoms with van der Waals surface area (Å²) in [7, 11) is 0. The Morgan fingerprint density at radius 3 is 2.57 bits per heavy atom. The molecule has 1 aromatic heterocycles. The van der Waals surface area contributed by atoms with Gasteiger partial charge in [-0.05, 0) is 24.1 Å². The van der Waals surface area contributed by atoms with E-state index in [2.05, 4.69) is 0 Å². The summed E-state index contributed by atoms with van der Waals surface area (Å²) in [6, 6.07) is 0. The minimum Gasteiger partial charge on any atom is -0.388 e. The highest BCUT2D eigenvalue weighted by Crippen LogP contribution is 2.38. The highest BCUT2D eigenvalue weighted by atomic mass is 35.5. The Hall–Kier alpha value is -0.0500. The summed E-state index contributed by atoms with van der Waals surface area (Å²) in [6.07, 6.45) is 5.78. The summed E-state index contributed by atoms with van der Waals surface area (Å²) in [5.41, 5.74) is 0.934. The Balaban J connectivity index is 2.07. The highest BCUT2D eigenvalue weighted by Gasteiger charge is 2.24. The molecule has 0 spiro atoms. The van der Waals surface area contributed by atoms with Crippen molar-refractivity contribution in [1.82, 2.24) is 0 Å². The van der Waals surface area contributed by atoms with Crippen LogP contribution in [0.2, 0.25) is 5.02 Å². The minimum absolute atomic E-state index is 0.339. The van der Waals surface area contributed by atoms with Gasteiger partial charge in [-0.25, -0.2) is 0 Å². The van der Waals surface area contributed by atoms with Crippen LogP contribution >= 0.6 is 22.9 Å². The van der Waals surface area contributed by atoms with Gasteiger partial charge in [0.25, 0.3) is 0 Å². The van der Waals surface area contributed by atoms with Crippen molar-refractivity contribution in [3.8, 4) is 0 Å². The Morgan fingerprint density at radius 1 is 1.29 bits per heavy atom. The molecular weight excluding hydrogens is 216 g/mol. The smallest absolute Gasteiger partial charge is 0.0840 e. The molecule has 0 unspecified atom stereocenters. The largest absolute Gasteiger partial charge is 0.388 e. The highest BCUT2D eigenvalue weighted by molar-refractivity contribution is 7.08. The van der Waals surface area contributed by atoms with Gasteiger partial charge in [-0.15, -0.1) is 0 Å². The fourth-order valence-electron chi connectivity index (χ4n) is 2.21. The second-order valence-electron chi connectivity index (χ2n) is 4.02. The fourth-order valence-corrected chi connectivity index (χ4v) is 3.33. The van der Waals surface area contributed by atoms with Gasteiger partial charge in [0.1, 0.15) is 0 Å². The lowest BCUT2D eigenvalue weighted by Gasteiger charge is -2.26. The van der Waals surface area contributed by atoms with Crippen LogP contribution in [0.5, 0.6) is 0 Å². The van der Waals surface area contributed by atoms with Crippen LogP contribution in [0.1, 0.15) is 43.8 Å². The summed E-state index contributed by atoms with van der Waals surface area (Å²) >= 11 is 7.57. The van der Waals surface area contributed by atoms with Crippen molar-refractivity contribution < 1.29 is 5.11 Å². The molecule has 1 aliphatic carbocycles. The van der Waals surface area contributed by atoms with Crippen LogP contribution in [-0.4, -0.2) is 5.11 Å². The maximum Gasteiger partial charge on any atom is 0.0840 e. The molecule has 0 saturated heterocycles. The van der Waals surface area contributed by atoms with Crippen molar-refractivity contribution in [2.45, 2.75) is 38.2 Å². The first-order chi connectivity index (χ1) is 6.79. The number of hydrogen-bond acceptors (Lipinski definition) is 2. The van der Waals surface area contributed by atoms with E-state index in [-0.39, 0.29) is 6.10 Å². The first-order valence-corrected chi connectivity index (χ1v) is 6.51.